The molecule has 0 radical (unpaired) electrons. The number of aryl methyl sites for hydroxylation is 2. The van der Waals surface area contributed by atoms with E-state index in [4.69, 9.17) is 0 Å². The lowest BCUT2D eigenvalue weighted by Crippen LogP contribution is -2.04. The molecule has 3 aromatic rings. The van der Waals surface area contributed by atoms with E-state index in [1.165, 1.54) is 6.07 Å². The zero-order valence-corrected chi connectivity index (χ0v) is 11.3. The first-order valence-electron chi connectivity index (χ1n) is 6.45. The van der Waals surface area contributed by atoms with Crippen LogP contribution in [0.15, 0.2) is 42.6 Å². The van der Waals surface area contributed by atoms with E-state index in [0.29, 0.717) is 22.0 Å². The molecule has 0 fully saturated rings. The number of H-pyrrole nitrogens is 1. The van der Waals surface area contributed by atoms with Crippen molar-refractivity contribution in [3.8, 4) is 0 Å². The van der Waals surface area contributed by atoms with Gasteiger partial charge in [0.1, 0.15) is 5.82 Å². The van der Waals surface area contributed by atoms with Gasteiger partial charge in [-0.05, 0) is 37.6 Å². The van der Waals surface area contributed by atoms with Gasteiger partial charge in [0, 0.05) is 22.7 Å². The molecule has 1 aromatic heterocycles. The number of carbonyl (C=O) groups excluding carboxylic acids is 1. The van der Waals surface area contributed by atoms with E-state index in [2.05, 4.69) is 4.98 Å². The quantitative estimate of drug-likeness (QED) is 0.695. The van der Waals surface area contributed by atoms with E-state index < -0.39 is 0 Å². The smallest absolute Gasteiger partial charge is 0.195 e. The molecule has 100 valence electrons. The molecule has 0 amide bonds. The van der Waals surface area contributed by atoms with Gasteiger partial charge in [-0.25, -0.2) is 4.39 Å². The van der Waals surface area contributed by atoms with E-state index in [-0.39, 0.29) is 11.6 Å². The highest BCUT2D eigenvalue weighted by atomic mass is 19.1. The number of fused-ring (bicyclic) bond motifs is 1. The highest BCUT2D eigenvalue weighted by Gasteiger charge is 2.18. The molecule has 2 nitrogen and oxygen atoms in total. The third kappa shape index (κ3) is 1.92. The van der Waals surface area contributed by atoms with Crippen LogP contribution >= 0.6 is 0 Å². The van der Waals surface area contributed by atoms with Gasteiger partial charge in [-0.1, -0.05) is 23.8 Å². The van der Waals surface area contributed by atoms with E-state index in [0.717, 1.165) is 11.1 Å². The summed E-state index contributed by atoms with van der Waals surface area (Å²) in [6.07, 6.45) is 1.58. The Kier molecular flexibility index (Phi) is 2.90. The Morgan fingerprint density at radius 3 is 2.70 bits per heavy atom. The Balaban J connectivity index is 2.21. The Morgan fingerprint density at radius 1 is 1.10 bits per heavy atom. The van der Waals surface area contributed by atoms with Gasteiger partial charge in [0.25, 0.3) is 0 Å². The van der Waals surface area contributed by atoms with Crippen LogP contribution in [0.2, 0.25) is 0 Å². The SMILES string of the molecule is Cc1ccc(C)c(C(=O)c2c[nH]c3cccc(F)c23)c1. The Bertz CT molecular complexity index is 817. The largest absolute Gasteiger partial charge is 0.360 e. The Morgan fingerprint density at radius 2 is 1.90 bits per heavy atom. The normalized spacial score (nSPS) is 10.9. The van der Waals surface area contributed by atoms with E-state index >= 15 is 0 Å². The van der Waals surface area contributed by atoms with Crippen molar-refractivity contribution >= 4 is 16.7 Å². The van der Waals surface area contributed by atoms with Crippen LogP contribution in [0.4, 0.5) is 4.39 Å². The van der Waals surface area contributed by atoms with Crippen LogP contribution < -0.4 is 0 Å². The van der Waals surface area contributed by atoms with E-state index in [9.17, 15) is 9.18 Å². The summed E-state index contributed by atoms with van der Waals surface area (Å²) in [4.78, 5) is 15.6. The highest BCUT2D eigenvalue weighted by Crippen LogP contribution is 2.25. The molecule has 20 heavy (non-hydrogen) atoms. The molecule has 3 rings (SSSR count). The second kappa shape index (κ2) is 4.60. The predicted octanol–water partition coefficient (Wildman–Crippen LogP) is 4.15. The molecule has 0 aliphatic heterocycles. The van der Waals surface area contributed by atoms with Gasteiger partial charge in [-0.3, -0.25) is 4.79 Å². The van der Waals surface area contributed by atoms with Crippen LogP contribution in [0.3, 0.4) is 0 Å². The van der Waals surface area contributed by atoms with Gasteiger partial charge in [0.2, 0.25) is 0 Å². The number of carbonyl (C=O) groups is 1. The maximum atomic E-state index is 14.0. The van der Waals surface area contributed by atoms with E-state index in [1.54, 1.807) is 18.3 Å². The van der Waals surface area contributed by atoms with Gasteiger partial charge in [-0.15, -0.1) is 0 Å². The molecule has 0 bridgehead atoms. The second-order valence-corrected chi connectivity index (χ2v) is 5.01. The van der Waals surface area contributed by atoms with Crippen LogP contribution in [0.1, 0.15) is 27.0 Å². The summed E-state index contributed by atoms with van der Waals surface area (Å²) in [6.45, 7) is 3.82. The summed E-state index contributed by atoms with van der Waals surface area (Å²) < 4.78 is 14.0. The summed E-state index contributed by atoms with van der Waals surface area (Å²) in [5.74, 6) is -0.528. The molecule has 0 saturated heterocycles. The van der Waals surface area contributed by atoms with Crippen LogP contribution in [0.5, 0.6) is 0 Å². The van der Waals surface area contributed by atoms with Gasteiger partial charge in [0.15, 0.2) is 5.78 Å². The second-order valence-electron chi connectivity index (χ2n) is 5.01. The topological polar surface area (TPSA) is 32.9 Å². The molecule has 0 spiro atoms. The fourth-order valence-electron chi connectivity index (χ4n) is 2.44. The minimum absolute atomic E-state index is 0.150. The number of benzene rings is 2. The molecule has 0 saturated carbocycles. The minimum Gasteiger partial charge on any atom is -0.360 e. The molecule has 2 aromatic carbocycles. The molecule has 1 heterocycles. The maximum Gasteiger partial charge on any atom is 0.195 e. The van der Waals surface area contributed by atoms with Crippen molar-refractivity contribution in [3.63, 3.8) is 0 Å². The Hall–Kier alpha value is -2.42. The molecule has 0 unspecified atom stereocenters. The maximum absolute atomic E-state index is 14.0. The van der Waals surface area contributed by atoms with Crippen molar-refractivity contribution in [2.75, 3.05) is 0 Å². The third-order valence-electron chi connectivity index (χ3n) is 3.54. The fourth-order valence-corrected chi connectivity index (χ4v) is 2.44. The number of ketones is 1. The van der Waals surface area contributed by atoms with Crippen molar-refractivity contribution in [2.45, 2.75) is 13.8 Å². The summed E-state index contributed by atoms with van der Waals surface area (Å²) in [6, 6.07) is 10.5. The Labute approximate surface area is 116 Å². The van der Waals surface area contributed by atoms with Crippen molar-refractivity contribution in [2.24, 2.45) is 0 Å². The molecular formula is C17H14FNO. The van der Waals surface area contributed by atoms with Gasteiger partial charge in [0.05, 0.1) is 5.56 Å². The first kappa shape index (κ1) is 12.6. The fraction of sp³-hybridized carbons (Fsp3) is 0.118. The zero-order valence-electron chi connectivity index (χ0n) is 11.3. The van der Waals surface area contributed by atoms with Crippen molar-refractivity contribution < 1.29 is 9.18 Å². The van der Waals surface area contributed by atoms with Crippen LogP contribution in [0.25, 0.3) is 10.9 Å². The average molecular weight is 267 g/mol. The number of halogens is 1. The predicted molar refractivity (Wildman–Crippen MR) is 77.6 cm³/mol. The number of rotatable bonds is 2. The lowest BCUT2D eigenvalue weighted by Gasteiger charge is -2.06. The first-order chi connectivity index (χ1) is 9.58. The number of aromatic nitrogens is 1. The molecule has 1 N–H and O–H groups in total. The molecule has 0 atom stereocenters. The van der Waals surface area contributed by atoms with Crippen molar-refractivity contribution in [1.29, 1.82) is 0 Å². The van der Waals surface area contributed by atoms with Crippen LogP contribution in [-0.2, 0) is 0 Å². The lowest BCUT2D eigenvalue weighted by atomic mass is 9.97. The summed E-state index contributed by atoms with van der Waals surface area (Å²) in [5, 5.41) is 0.360. The number of hydrogen-bond donors (Lipinski definition) is 1. The zero-order chi connectivity index (χ0) is 14.3. The van der Waals surface area contributed by atoms with Crippen molar-refractivity contribution in [3.05, 3.63) is 70.7 Å². The van der Waals surface area contributed by atoms with Gasteiger partial charge >= 0.3 is 0 Å². The summed E-state index contributed by atoms with van der Waals surface area (Å²) >= 11 is 0. The summed E-state index contributed by atoms with van der Waals surface area (Å²) in [5.41, 5.74) is 3.55. The third-order valence-corrected chi connectivity index (χ3v) is 3.54. The lowest BCUT2D eigenvalue weighted by molar-refractivity contribution is 0.103. The van der Waals surface area contributed by atoms with Crippen LogP contribution in [0, 0.1) is 19.7 Å². The number of hydrogen-bond acceptors (Lipinski definition) is 1. The highest BCUT2D eigenvalue weighted by molar-refractivity contribution is 6.17. The monoisotopic (exact) mass is 267 g/mol. The molecule has 0 aliphatic rings. The average Bonchev–Trinajstić information content (AvgIpc) is 2.86. The molecular weight excluding hydrogens is 253 g/mol. The minimum atomic E-state index is -0.377. The van der Waals surface area contributed by atoms with E-state index in [1.807, 2.05) is 32.0 Å². The van der Waals surface area contributed by atoms with Crippen LogP contribution in [-0.4, -0.2) is 10.8 Å². The standard InChI is InChI=1S/C17H14FNO/c1-10-6-7-11(2)12(8-10)17(20)13-9-19-15-5-3-4-14(18)16(13)15/h3-9,19H,1-2H3. The van der Waals surface area contributed by atoms with Crippen molar-refractivity contribution in [1.82, 2.24) is 4.98 Å². The number of aromatic amines is 1. The first-order valence-corrected chi connectivity index (χ1v) is 6.45. The van der Waals surface area contributed by atoms with Gasteiger partial charge < -0.3 is 4.98 Å². The summed E-state index contributed by atoms with van der Waals surface area (Å²) in [7, 11) is 0. The molecule has 3 heteroatoms. The van der Waals surface area contributed by atoms with Gasteiger partial charge in [-0.2, -0.15) is 0 Å². The number of nitrogens with one attached hydrogen (secondary N) is 1. The molecule has 0 aliphatic carbocycles.